The van der Waals surface area contributed by atoms with E-state index >= 15 is 0 Å². The highest BCUT2D eigenvalue weighted by Crippen LogP contribution is 2.27. The lowest BCUT2D eigenvalue weighted by atomic mass is 10.2. The van der Waals surface area contributed by atoms with Crippen molar-refractivity contribution >= 4 is 27.6 Å². The lowest BCUT2D eigenvalue weighted by molar-refractivity contribution is 0.0697. The van der Waals surface area contributed by atoms with E-state index in [-0.39, 0.29) is 5.56 Å². The summed E-state index contributed by atoms with van der Waals surface area (Å²) in [4.78, 5) is 12.9. The molecular formula is C13H12BrNO3. The Bertz CT molecular complexity index is 551. The number of carbonyl (C=O) groups is 1. The molecule has 0 spiro atoms. The van der Waals surface area contributed by atoms with Gasteiger partial charge in [0.05, 0.1) is 23.8 Å². The van der Waals surface area contributed by atoms with Crippen molar-refractivity contribution in [2.24, 2.45) is 0 Å². The molecule has 0 aliphatic heterocycles. The molecular weight excluding hydrogens is 298 g/mol. The van der Waals surface area contributed by atoms with Crippen LogP contribution < -0.4 is 4.90 Å². The average Bonchev–Trinajstić information content (AvgIpc) is 2.81. The predicted octanol–water partition coefficient (Wildman–Crippen LogP) is 3.38. The first kappa shape index (κ1) is 12.7. The van der Waals surface area contributed by atoms with E-state index in [1.54, 1.807) is 30.7 Å². The van der Waals surface area contributed by atoms with Gasteiger partial charge in [0, 0.05) is 23.6 Å². The zero-order valence-electron chi connectivity index (χ0n) is 9.76. The maximum atomic E-state index is 10.8. The van der Waals surface area contributed by atoms with Gasteiger partial charge in [-0.25, -0.2) is 4.79 Å². The second-order valence-electron chi connectivity index (χ2n) is 3.96. The Balaban J connectivity index is 2.20. The summed E-state index contributed by atoms with van der Waals surface area (Å²) in [5.41, 5.74) is 2.26. The standard InChI is InChI=1S/C13H12BrNO3/c1-15(7-9-4-5-18-8-9)12-3-2-10(13(16)17)6-11(12)14/h2-6,8H,7H2,1H3,(H,16,17). The molecule has 0 radical (unpaired) electrons. The zero-order chi connectivity index (χ0) is 13.1. The topological polar surface area (TPSA) is 53.7 Å². The zero-order valence-corrected chi connectivity index (χ0v) is 11.3. The third kappa shape index (κ3) is 2.73. The number of hydrogen-bond acceptors (Lipinski definition) is 3. The number of carboxylic acid groups (broad SMARTS) is 1. The van der Waals surface area contributed by atoms with Crippen LogP contribution >= 0.6 is 15.9 Å². The van der Waals surface area contributed by atoms with Crippen molar-refractivity contribution in [3.63, 3.8) is 0 Å². The molecule has 0 bridgehead atoms. The Morgan fingerprint density at radius 1 is 1.44 bits per heavy atom. The lowest BCUT2D eigenvalue weighted by Gasteiger charge is -2.20. The Hall–Kier alpha value is -1.75. The van der Waals surface area contributed by atoms with E-state index in [1.165, 1.54) is 0 Å². The fourth-order valence-electron chi connectivity index (χ4n) is 1.69. The van der Waals surface area contributed by atoms with Crippen LogP contribution in [-0.2, 0) is 6.54 Å². The Kier molecular flexibility index (Phi) is 3.72. The number of halogens is 1. The molecule has 0 atom stereocenters. The summed E-state index contributed by atoms with van der Waals surface area (Å²) in [5.74, 6) is -0.931. The van der Waals surface area contributed by atoms with Crippen molar-refractivity contribution in [3.05, 3.63) is 52.4 Å². The van der Waals surface area contributed by atoms with Crippen molar-refractivity contribution in [2.45, 2.75) is 6.54 Å². The maximum absolute atomic E-state index is 10.8. The number of carboxylic acids is 1. The quantitative estimate of drug-likeness (QED) is 0.940. The molecule has 2 aromatic rings. The first-order valence-electron chi connectivity index (χ1n) is 5.33. The number of aromatic carboxylic acids is 1. The molecule has 5 heteroatoms. The SMILES string of the molecule is CN(Cc1ccoc1)c1ccc(C(=O)O)cc1Br. The molecule has 0 saturated heterocycles. The van der Waals surface area contributed by atoms with Crippen LogP contribution in [0, 0.1) is 0 Å². The van der Waals surface area contributed by atoms with Crippen molar-refractivity contribution in [2.75, 3.05) is 11.9 Å². The van der Waals surface area contributed by atoms with Gasteiger partial charge in [-0.1, -0.05) is 0 Å². The Labute approximate surface area is 113 Å². The summed E-state index contributed by atoms with van der Waals surface area (Å²) >= 11 is 3.39. The van der Waals surface area contributed by atoms with Crippen molar-refractivity contribution in [3.8, 4) is 0 Å². The summed E-state index contributed by atoms with van der Waals surface area (Å²) in [6.45, 7) is 0.696. The first-order valence-corrected chi connectivity index (χ1v) is 6.12. The number of hydrogen-bond donors (Lipinski definition) is 1. The van der Waals surface area contributed by atoms with E-state index in [4.69, 9.17) is 9.52 Å². The molecule has 0 aliphatic rings. The van der Waals surface area contributed by atoms with Crippen molar-refractivity contribution < 1.29 is 14.3 Å². The number of benzene rings is 1. The summed E-state index contributed by atoms with van der Waals surface area (Å²) in [5, 5.41) is 8.90. The smallest absolute Gasteiger partial charge is 0.335 e. The molecule has 1 heterocycles. The molecule has 1 aromatic carbocycles. The van der Waals surface area contributed by atoms with Gasteiger partial charge in [0.2, 0.25) is 0 Å². The Morgan fingerprint density at radius 2 is 2.22 bits per heavy atom. The van der Waals surface area contributed by atoms with E-state index < -0.39 is 5.97 Å². The summed E-state index contributed by atoms with van der Waals surface area (Å²) in [6, 6.07) is 6.88. The number of anilines is 1. The normalized spacial score (nSPS) is 10.3. The minimum Gasteiger partial charge on any atom is -0.478 e. The molecule has 1 N–H and O–H groups in total. The van der Waals surface area contributed by atoms with E-state index in [0.29, 0.717) is 6.54 Å². The van der Waals surface area contributed by atoms with Crippen LogP contribution in [0.1, 0.15) is 15.9 Å². The third-order valence-electron chi connectivity index (χ3n) is 2.61. The summed E-state index contributed by atoms with van der Waals surface area (Å²) in [6.07, 6.45) is 3.32. The van der Waals surface area contributed by atoms with Gasteiger partial charge in [0.25, 0.3) is 0 Å². The van der Waals surface area contributed by atoms with E-state index in [2.05, 4.69) is 15.9 Å². The molecule has 18 heavy (non-hydrogen) atoms. The average molecular weight is 310 g/mol. The van der Waals surface area contributed by atoms with Gasteiger partial charge in [0.15, 0.2) is 0 Å². The largest absolute Gasteiger partial charge is 0.478 e. The summed E-state index contributed by atoms with van der Waals surface area (Å²) < 4.78 is 5.77. The molecule has 94 valence electrons. The van der Waals surface area contributed by atoms with Gasteiger partial charge < -0.3 is 14.4 Å². The lowest BCUT2D eigenvalue weighted by Crippen LogP contribution is -2.16. The van der Waals surface area contributed by atoms with Gasteiger partial charge in [0.1, 0.15) is 0 Å². The highest BCUT2D eigenvalue weighted by atomic mass is 79.9. The minimum absolute atomic E-state index is 0.266. The molecule has 0 unspecified atom stereocenters. The van der Waals surface area contributed by atoms with E-state index in [0.717, 1.165) is 15.7 Å². The number of nitrogens with zero attached hydrogens (tertiary/aromatic N) is 1. The summed E-state index contributed by atoms with van der Waals surface area (Å²) in [7, 11) is 1.94. The van der Waals surface area contributed by atoms with Crippen LogP contribution in [0.4, 0.5) is 5.69 Å². The van der Waals surface area contributed by atoms with Gasteiger partial charge in [-0.2, -0.15) is 0 Å². The van der Waals surface area contributed by atoms with Crippen LogP contribution in [0.3, 0.4) is 0 Å². The highest BCUT2D eigenvalue weighted by molar-refractivity contribution is 9.10. The molecule has 0 aliphatic carbocycles. The van der Waals surface area contributed by atoms with Gasteiger partial charge >= 0.3 is 5.97 Å². The number of furan rings is 1. The third-order valence-corrected chi connectivity index (χ3v) is 3.24. The molecule has 4 nitrogen and oxygen atoms in total. The molecule has 0 fully saturated rings. The van der Waals surface area contributed by atoms with Gasteiger partial charge in [-0.05, 0) is 40.2 Å². The first-order chi connectivity index (χ1) is 8.58. The fraction of sp³-hybridized carbons (Fsp3) is 0.154. The minimum atomic E-state index is -0.931. The second-order valence-corrected chi connectivity index (χ2v) is 4.81. The molecule has 0 amide bonds. The maximum Gasteiger partial charge on any atom is 0.335 e. The van der Waals surface area contributed by atoms with E-state index in [1.807, 2.05) is 18.0 Å². The second kappa shape index (κ2) is 5.27. The monoisotopic (exact) mass is 309 g/mol. The van der Waals surface area contributed by atoms with Crippen molar-refractivity contribution in [1.29, 1.82) is 0 Å². The van der Waals surface area contributed by atoms with Gasteiger partial charge in [-0.15, -0.1) is 0 Å². The van der Waals surface area contributed by atoms with Gasteiger partial charge in [-0.3, -0.25) is 0 Å². The van der Waals surface area contributed by atoms with Crippen molar-refractivity contribution in [1.82, 2.24) is 0 Å². The van der Waals surface area contributed by atoms with E-state index in [9.17, 15) is 4.79 Å². The Morgan fingerprint density at radius 3 is 2.78 bits per heavy atom. The highest BCUT2D eigenvalue weighted by Gasteiger charge is 2.10. The van der Waals surface area contributed by atoms with Crippen LogP contribution in [0.15, 0.2) is 45.7 Å². The van der Waals surface area contributed by atoms with Crippen LogP contribution in [0.25, 0.3) is 0 Å². The van der Waals surface area contributed by atoms with Crippen LogP contribution in [0.2, 0.25) is 0 Å². The van der Waals surface area contributed by atoms with Crippen LogP contribution in [-0.4, -0.2) is 18.1 Å². The molecule has 0 saturated carbocycles. The number of rotatable bonds is 4. The molecule has 1 aromatic heterocycles. The molecule has 2 rings (SSSR count). The predicted molar refractivity (Wildman–Crippen MR) is 71.9 cm³/mol. The fourth-order valence-corrected chi connectivity index (χ4v) is 2.37. The van der Waals surface area contributed by atoms with Crippen LogP contribution in [0.5, 0.6) is 0 Å².